The third kappa shape index (κ3) is 4.88. The molecular formula is C59H37NS. The molecule has 0 radical (unpaired) electrons. The van der Waals surface area contributed by atoms with Crippen LogP contribution in [0.2, 0.25) is 0 Å². The molecule has 0 unspecified atom stereocenters. The van der Waals surface area contributed by atoms with Crippen LogP contribution in [0.3, 0.4) is 0 Å². The van der Waals surface area contributed by atoms with Crippen LogP contribution in [0.5, 0.6) is 0 Å². The number of anilines is 3. The highest BCUT2D eigenvalue weighted by Gasteiger charge is 2.52. The summed E-state index contributed by atoms with van der Waals surface area (Å²) in [7, 11) is 0. The van der Waals surface area contributed by atoms with E-state index in [9.17, 15) is 0 Å². The second-order valence-electron chi connectivity index (χ2n) is 16.3. The van der Waals surface area contributed by atoms with Crippen LogP contribution in [0.15, 0.2) is 224 Å². The Morgan fingerprint density at radius 1 is 0.361 bits per heavy atom. The first-order valence-corrected chi connectivity index (χ1v) is 21.9. The fraction of sp³-hybridized carbons (Fsp3) is 0.0169. The summed E-state index contributed by atoms with van der Waals surface area (Å²) < 4.78 is 2.58. The van der Waals surface area contributed by atoms with E-state index in [2.05, 4.69) is 229 Å². The normalized spacial score (nSPS) is 13.0. The van der Waals surface area contributed by atoms with Crippen molar-refractivity contribution in [1.29, 1.82) is 0 Å². The Morgan fingerprint density at radius 2 is 0.967 bits per heavy atom. The van der Waals surface area contributed by atoms with Crippen molar-refractivity contribution in [3.8, 4) is 44.5 Å². The Morgan fingerprint density at radius 3 is 1.74 bits per heavy atom. The van der Waals surface area contributed by atoms with Crippen molar-refractivity contribution in [2.24, 2.45) is 0 Å². The van der Waals surface area contributed by atoms with E-state index in [1.54, 1.807) is 0 Å². The van der Waals surface area contributed by atoms with Gasteiger partial charge in [-0.3, -0.25) is 0 Å². The zero-order valence-corrected chi connectivity index (χ0v) is 34.0. The van der Waals surface area contributed by atoms with Crippen LogP contribution in [-0.2, 0) is 5.41 Å². The van der Waals surface area contributed by atoms with E-state index in [0.717, 1.165) is 5.69 Å². The van der Waals surface area contributed by atoms with Crippen LogP contribution < -0.4 is 4.90 Å². The maximum atomic E-state index is 2.56. The van der Waals surface area contributed by atoms with E-state index in [4.69, 9.17) is 0 Å². The summed E-state index contributed by atoms with van der Waals surface area (Å²) in [6, 6.07) is 83.5. The van der Waals surface area contributed by atoms with E-state index >= 15 is 0 Å². The summed E-state index contributed by atoms with van der Waals surface area (Å²) in [6.07, 6.45) is 0. The molecule has 0 saturated heterocycles. The summed E-state index contributed by atoms with van der Waals surface area (Å²) in [6.45, 7) is 0. The average Bonchev–Trinajstić information content (AvgIpc) is 3.97. The average molecular weight is 792 g/mol. The van der Waals surface area contributed by atoms with Crippen LogP contribution in [-0.4, -0.2) is 0 Å². The maximum absolute atomic E-state index is 2.56. The number of rotatable bonds is 5. The first-order chi connectivity index (χ1) is 30.3. The molecule has 1 heterocycles. The molecule has 13 rings (SSSR count). The van der Waals surface area contributed by atoms with Gasteiger partial charge in [-0.1, -0.05) is 188 Å². The molecule has 1 spiro atoms. The summed E-state index contributed by atoms with van der Waals surface area (Å²) in [4.78, 5) is 2.56. The fourth-order valence-corrected chi connectivity index (χ4v) is 12.0. The minimum atomic E-state index is -0.442. The molecule has 0 N–H and O–H groups in total. The van der Waals surface area contributed by atoms with Gasteiger partial charge in [0.1, 0.15) is 0 Å². The minimum absolute atomic E-state index is 0.442. The zero-order chi connectivity index (χ0) is 40.1. The summed E-state index contributed by atoms with van der Waals surface area (Å²) in [5, 5.41) is 5.05. The molecule has 1 nitrogen and oxygen atoms in total. The molecule has 2 heteroatoms. The van der Waals surface area contributed by atoms with E-state index < -0.39 is 5.41 Å². The monoisotopic (exact) mass is 791 g/mol. The van der Waals surface area contributed by atoms with Gasteiger partial charge in [0.2, 0.25) is 0 Å². The summed E-state index contributed by atoms with van der Waals surface area (Å²) in [5.41, 5.74) is 18.5. The summed E-state index contributed by atoms with van der Waals surface area (Å²) in [5.74, 6) is 0. The number of hydrogen-bond donors (Lipinski definition) is 0. The maximum Gasteiger partial charge on any atom is 0.0726 e. The fourth-order valence-electron chi connectivity index (χ4n) is 10.7. The summed E-state index contributed by atoms with van der Waals surface area (Å²) >= 11 is 1.89. The molecule has 10 aromatic carbocycles. The lowest BCUT2D eigenvalue weighted by Crippen LogP contribution is -2.26. The second kappa shape index (κ2) is 13.2. The highest BCUT2D eigenvalue weighted by Crippen LogP contribution is 2.65. The quantitative estimate of drug-likeness (QED) is 0.168. The van der Waals surface area contributed by atoms with Gasteiger partial charge in [-0.2, -0.15) is 0 Å². The predicted octanol–water partition coefficient (Wildman–Crippen LogP) is 16.4. The topological polar surface area (TPSA) is 3.24 Å². The molecular weight excluding hydrogens is 755 g/mol. The van der Waals surface area contributed by atoms with Crippen molar-refractivity contribution in [2.45, 2.75) is 5.41 Å². The van der Waals surface area contributed by atoms with Crippen LogP contribution in [0.1, 0.15) is 22.3 Å². The number of benzene rings is 10. The molecule has 0 atom stereocenters. The lowest BCUT2D eigenvalue weighted by Gasteiger charge is -2.32. The van der Waals surface area contributed by atoms with Gasteiger partial charge in [-0.25, -0.2) is 0 Å². The highest BCUT2D eigenvalue weighted by atomic mass is 32.1. The highest BCUT2D eigenvalue weighted by molar-refractivity contribution is 7.26. The Hall–Kier alpha value is -7.52. The number of nitrogens with zero attached hydrogens (tertiary/aromatic N) is 1. The van der Waals surface area contributed by atoms with Crippen LogP contribution in [0, 0.1) is 0 Å². The molecule has 0 amide bonds. The Kier molecular flexibility index (Phi) is 7.46. The van der Waals surface area contributed by atoms with Crippen LogP contribution in [0.4, 0.5) is 17.1 Å². The Labute approximate surface area is 359 Å². The molecule has 11 aromatic rings. The molecule has 61 heavy (non-hydrogen) atoms. The van der Waals surface area contributed by atoms with Crippen LogP contribution in [0.25, 0.3) is 75.5 Å². The lowest BCUT2D eigenvalue weighted by molar-refractivity contribution is 0.794. The third-order valence-corrected chi connectivity index (χ3v) is 14.5. The molecule has 0 fully saturated rings. The lowest BCUT2D eigenvalue weighted by atomic mass is 9.70. The standard InChI is InChI=1S/C59H37NS/c1-2-16-40(17-3-1)44-35-36-54(57-48-22-9-13-28-55(48)61-58(44)57)60(43-33-31-39(32-34-43)42-30-29-38-15-4-5-18-41(38)37-42)53-27-14-26-52-56(53)47-21-8-12-25-51(47)59(52)49-23-10-6-19-45(49)46-20-7-11-24-50(46)59/h1-37H. The van der Waals surface area contributed by atoms with Gasteiger partial charge < -0.3 is 4.90 Å². The van der Waals surface area contributed by atoms with Crippen LogP contribution >= 0.6 is 11.3 Å². The molecule has 0 bridgehead atoms. The second-order valence-corrected chi connectivity index (χ2v) is 17.4. The Balaban J connectivity index is 1.10. The number of thiophene rings is 1. The zero-order valence-electron chi connectivity index (χ0n) is 33.2. The van der Waals surface area contributed by atoms with Gasteiger partial charge in [0.25, 0.3) is 0 Å². The van der Waals surface area contributed by atoms with Crippen molar-refractivity contribution in [1.82, 2.24) is 0 Å². The van der Waals surface area contributed by atoms with Gasteiger partial charge >= 0.3 is 0 Å². The molecule has 2 aliphatic rings. The SMILES string of the molecule is c1ccc(-c2ccc(N(c3ccc(-c4ccc5ccccc5c4)cc3)c3cccc4c3-c3ccccc3C43c4ccccc4-c4ccccc43)c3c2sc2ccccc23)cc1. The van der Waals surface area contributed by atoms with Crippen molar-refractivity contribution in [2.75, 3.05) is 4.90 Å². The first-order valence-electron chi connectivity index (χ1n) is 21.1. The number of fused-ring (bicyclic) bond motifs is 14. The third-order valence-electron chi connectivity index (χ3n) is 13.3. The van der Waals surface area contributed by atoms with E-state index in [1.807, 2.05) is 11.3 Å². The van der Waals surface area contributed by atoms with E-state index in [0.29, 0.717) is 0 Å². The first kappa shape index (κ1) is 34.4. The van der Waals surface area contributed by atoms with Crippen molar-refractivity contribution >= 4 is 59.3 Å². The largest absolute Gasteiger partial charge is 0.309 e. The van der Waals surface area contributed by atoms with Gasteiger partial charge in [-0.05, 0) is 108 Å². The number of hydrogen-bond acceptors (Lipinski definition) is 2. The van der Waals surface area contributed by atoms with E-state index in [1.165, 1.54) is 109 Å². The molecule has 1 aromatic heterocycles. The van der Waals surface area contributed by atoms with E-state index in [-0.39, 0.29) is 0 Å². The van der Waals surface area contributed by atoms with Crippen molar-refractivity contribution in [3.63, 3.8) is 0 Å². The molecule has 284 valence electrons. The van der Waals surface area contributed by atoms with Gasteiger partial charge in [0, 0.05) is 31.4 Å². The molecule has 2 aliphatic carbocycles. The Bertz CT molecular complexity index is 3490. The molecule has 0 aliphatic heterocycles. The van der Waals surface area contributed by atoms with Gasteiger partial charge in [0.15, 0.2) is 0 Å². The molecule has 0 saturated carbocycles. The van der Waals surface area contributed by atoms with Crippen molar-refractivity contribution in [3.05, 3.63) is 247 Å². The van der Waals surface area contributed by atoms with Gasteiger partial charge in [0.05, 0.1) is 16.8 Å². The van der Waals surface area contributed by atoms with Crippen molar-refractivity contribution < 1.29 is 0 Å². The van der Waals surface area contributed by atoms with Gasteiger partial charge in [-0.15, -0.1) is 11.3 Å². The minimum Gasteiger partial charge on any atom is -0.309 e. The predicted molar refractivity (Wildman–Crippen MR) is 259 cm³/mol. The smallest absolute Gasteiger partial charge is 0.0726 e.